The quantitative estimate of drug-likeness (QED) is 0.383. The zero-order valence-corrected chi connectivity index (χ0v) is 15.4. The Balaban J connectivity index is 1.84. The van der Waals surface area contributed by atoms with E-state index in [4.69, 9.17) is 0 Å². The van der Waals surface area contributed by atoms with Crippen LogP contribution < -0.4 is 10.7 Å². The average Bonchev–Trinajstić information content (AvgIpc) is 2.63. The molecule has 0 atom stereocenters. The lowest BCUT2D eigenvalue weighted by molar-refractivity contribution is -0.384. The molecule has 0 aliphatic carbocycles. The lowest BCUT2D eigenvalue weighted by Crippen LogP contribution is -2.20. The van der Waals surface area contributed by atoms with Crippen LogP contribution in [0.25, 0.3) is 0 Å². The highest BCUT2D eigenvalue weighted by atomic mass is 16.6. The highest BCUT2D eigenvalue weighted by molar-refractivity contribution is 5.94. The number of nitro groups is 1. The predicted octanol–water partition coefficient (Wildman–Crippen LogP) is 2.79. The first-order chi connectivity index (χ1) is 13.3. The van der Waals surface area contributed by atoms with Gasteiger partial charge >= 0.3 is 0 Å². The van der Waals surface area contributed by atoms with Gasteiger partial charge in [-0.05, 0) is 31.5 Å². The number of nitrogens with zero attached hydrogens (tertiary/aromatic N) is 2. The van der Waals surface area contributed by atoms with E-state index in [-0.39, 0.29) is 35.7 Å². The number of hydrogen-bond donors (Lipinski definition) is 3. The summed E-state index contributed by atoms with van der Waals surface area (Å²) >= 11 is 0. The van der Waals surface area contributed by atoms with Crippen molar-refractivity contribution in [2.45, 2.75) is 26.7 Å². The standard InChI is InChI=1S/C19H20N4O5/c1-12-3-5-16(13(2)9-12)21-18(25)7-8-19(26)22-20-11-14-10-15(23(27)28)4-6-17(14)24/h3-6,9-11,24H,7-8H2,1-2H3,(H,21,25)(H,22,26). The van der Waals surface area contributed by atoms with Gasteiger partial charge in [0.15, 0.2) is 0 Å². The monoisotopic (exact) mass is 384 g/mol. The summed E-state index contributed by atoms with van der Waals surface area (Å²) in [5.41, 5.74) is 4.79. The molecule has 0 aromatic heterocycles. The number of carbonyl (C=O) groups excluding carboxylic acids is 2. The third-order valence-corrected chi connectivity index (χ3v) is 3.85. The summed E-state index contributed by atoms with van der Waals surface area (Å²) in [5.74, 6) is -1.02. The number of nitro benzene ring substituents is 1. The number of rotatable bonds is 7. The van der Waals surface area contributed by atoms with Gasteiger partial charge in [-0.15, -0.1) is 0 Å². The molecule has 3 N–H and O–H groups in total. The number of hydrogen-bond acceptors (Lipinski definition) is 6. The van der Waals surface area contributed by atoms with Gasteiger partial charge in [0.25, 0.3) is 5.69 Å². The normalized spacial score (nSPS) is 10.6. The molecule has 0 aliphatic rings. The van der Waals surface area contributed by atoms with E-state index < -0.39 is 10.8 Å². The van der Waals surface area contributed by atoms with E-state index in [1.807, 2.05) is 26.0 Å². The van der Waals surface area contributed by atoms with E-state index in [0.717, 1.165) is 29.5 Å². The van der Waals surface area contributed by atoms with Gasteiger partial charge in [-0.25, -0.2) is 5.43 Å². The maximum Gasteiger partial charge on any atom is 0.270 e. The van der Waals surface area contributed by atoms with Crippen LogP contribution in [0, 0.1) is 24.0 Å². The molecule has 0 bridgehead atoms. The fraction of sp³-hybridized carbons (Fsp3) is 0.211. The molecule has 0 spiro atoms. The molecule has 0 unspecified atom stereocenters. The fourth-order valence-electron chi connectivity index (χ4n) is 2.38. The van der Waals surface area contributed by atoms with E-state index >= 15 is 0 Å². The summed E-state index contributed by atoms with van der Waals surface area (Å²) in [4.78, 5) is 33.9. The zero-order valence-electron chi connectivity index (χ0n) is 15.4. The number of benzene rings is 2. The van der Waals surface area contributed by atoms with Crippen molar-refractivity contribution in [3.05, 3.63) is 63.2 Å². The Morgan fingerprint density at radius 2 is 1.86 bits per heavy atom. The second-order valence-corrected chi connectivity index (χ2v) is 6.16. The minimum Gasteiger partial charge on any atom is -0.507 e. The molecule has 146 valence electrons. The second kappa shape index (κ2) is 9.26. The van der Waals surface area contributed by atoms with Crippen LogP contribution in [0.5, 0.6) is 5.75 Å². The third-order valence-electron chi connectivity index (χ3n) is 3.85. The van der Waals surface area contributed by atoms with Gasteiger partial charge in [-0.3, -0.25) is 19.7 Å². The Hall–Kier alpha value is -3.75. The number of anilines is 1. The van der Waals surface area contributed by atoms with Crippen molar-refractivity contribution < 1.29 is 19.6 Å². The van der Waals surface area contributed by atoms with E-state index in [1.165, 1.54) is 6.07 Å². The molecule has 2 amide bonds. The van der Waals surface area contributed by atoms with Gasteiger partial charge in [0.1, 0.15) is 5.75 Å². The van der Waals surface area contributed by atoms with Gasteiger partial charge in [0.2, 0.25) is 11.8 Å². The van der Waals surface area contributed by atoms with Gasteiger partial charge in [0, 0.05) is 36.2 Å². The van der Waals surface area contributed by atoms with Crippen LogP contribution in [0.3, 0.4) is 0 Å². The molecule has 0 heterocycles. The molecule has 9 nitrogen and oxygen atoms in total. The molecule has 9 heteroatoms. The maximum atomic E-state index is 12.0. The largest absolute Gasteiger partial charge is 0.507 e. The van der Waals surface area contributed by atoms with Crippen LogP contribution in [0.1, 0.15) is 29.5 Å². The molecule has 0 saturated carbocycles. The number of aryl methyl sites for hydroxylation is 2. The lowest BCUT2D eigenvalue weighted by atomic mass is 10.1. The second-order valence-electron chi connectivity index (χ2n) is 6.16. The first-order valence-corrected chi connectivity index (χ1v) is 8.42. The highest BCUT2D eigenvalue weighted by Crippen LogP contribution is 2.21. The van der Waals surface area contributed by atoms with Crippen LogP contribution in [0.15, 0.2) is 41.5 Å². The molecule has 0 fully saturated rings. The molecule has 0 aliphatic heterocycles. The fourth-order valence-corrected chi connectivity index (χ4v) is 2.38. The van der Waals surface area contributed by atoms with Crippen molar-refractivity contribution >= 4 is 29.4 Å². The Labute approximate surface area is 161 Å². The number of carbonyl (C=O) groups is 2. The number of phenolic OH excluding ortho intramolecular Hbond substituents is 1. The number of phenols is 1. The van der Waals surface area contributed by atoms with Crippen LogP contribution in [0.4, 0.5) is 11.4 Å². The minimum atomic E-state index is -0.607. The highest BCUT2D eigenvalue weighted by Gasteiger charge is 2.10. The third kappa shape index (κ3) is 5.90. The van der Waals surface area contributed by atoms with Crippen LogP contribution in [-0.2, 0) is 9.59 Å². The van der Waals surface area contributed by atoms with Crippen molar-refractivity contribution in [3.8, 4) is 5.75 Å². The van der Waals surface area contributed by atoms with Gasteiger partial charge in [0.05, 0.1) is 11.1 Å². The number of hydrazone groups is 1. The Bertz CT molecular complexity index is 940. The summed E-state index contributed by atoms with van der Waals surface area (Å²) in [6, 6.07) is 9.08. The molecule has 2 aromatic carbocycles. The van der Waals surface area contributed by atoms with E-state index in [0.29, 0.717) is 5.69 Å². The van der Waals surface area contributed by atoms with Crippen LogP contribution >= 0.6 is 0 Å². The predicted molar refractivity (Wildman–Crippen MR) is 104 cm³/mol. The zero-order chi connectivity index (χ0) is 20.7. The smallest absolute Gasteiger partial charge is 0.270 e. The summed E-state index contributed by atoms with van der Waals surface area (Å²) in [7, 11) is 0. The topological polar surface area (TPSA) is 134 Å². The van der Waals surface area contributed by atoms with Crippen LogP contribution in [-0.4, -0.2) is 28.1 Å². The van der Waals surface area contributed by atoms with E-state index in [9.17, 15) is 24.8 Å². The number of amides is 2. The minimum absolute atomic E-state index is 0.0310. The molecule has 0 saturated heterocycles. The molecular weight excluding hydrogens is 364 g/mol. The number of nitrogens with one attached hydrogen (secondary N) is 2. The van der Waals surface area contributed by atoms with Gasteiger partial charge in [-0.1, -0.05) is 17.7 Å². The first kappa shape index (κ1) is 20.6. The van der Waals surface area contributed by atoms with Crippen LogP contribution in [0.2, 0.25) is 0 Å². The number of aromatic hydroxyl groups is 1. The Kier molecular flexibility index (Phi) is 6.80. The molecular formula is C19H20N4O5. The summed E-state index contributed by atoms with van der Waals surface area (Å²) in [6.45, 7) is 3.84. The average molecular weight is 384 g/mol. The van der Waals surface area contributed by atoms with Crippen molar-refractivity contribution in [3.63, 3.8) is 0 Å². The van der Waals surface area contributed by atoms with Crippen molar-refractivity contribution in [1.29, 1.82) is 0 Å². The number of non-ortho nitro benzene ring substituents is 1. The Morgan fingerprint density at radius 1 is 1.14 bits per heavy atom. The SMILES string of the molecule is Cc1ccc(NC(=O)CCC(=O)NN=Cc2cc([N+](=O)[O-])ccc2O)c(C)c1. The maximum absolute atomic E-state index is 12.0. The van der Waals surface area contributed by atoms with E-state index in [1.54, 1.807) is 6.07 Å². The lowest BCUT2D eigenvalue weighted by Gasteiger charge is -2.08. The first-order valence-electron chi connectivity index (χ1n) is 8.42. The Morgan fingerprint density at radius 3 is 2.54 bits per heavy atom. The van der Waals surface area contributed by atoms with Gasteiger partial charge < -0.3 is 10.4 Å². The van der Waals surface area contributed by atoms with Crippen molar-refractivity contribution in [2.24, 2.45) is 5.10 Å². The molecule has 2 rings (SSSR count). The van der Waals surface area contributed by atoms with E-state index in [2.05, 4.69) is 15.8 Å². The van der Waals surface area contributed by atoms with Gasteiger partial charge in [-0.2, -0.15) is 5.10 Å². The molecule has 28 heavy (non-hydrogen) atoms. The van der Waals surface area contributed by atoms with Crippen molar-refractivity contribution in [1.82, 2.24) is 5.43 Å². The molecule has 2 aromatic rings. The summed E-state index contributed by atoms with van der Waals surface area (Å²) in [5, 5.41) is 26.8. The summed E-state index contributed by atoms with van der Waals surface area (Å²) in [6.07, 6.45) is 0.974. The van der Waals surface area contributed by atoms with Crippen molar-refractivity contribution in [2.75, 3.05) is 5.32 Å². The molecule has 0 radical (unpaired) electrons. The summed E-state index contributed by atoms with van der Waals surface area (Å²) < 4.78 is 0.